The van der Waals surface area contributed by atoms with Gasteiger partial charge in [-0.15, -0.1) is 0 Å². The van der Waals surface area contributed by atoms with E-state index >= 15 is 0 Å². The molecule has 1 aliphatic rings. The molecule has 0 amide bonds. The van der Waals surface area contributed by atoms with Gasteiger partial charge in [0.15, 0.2) is 0 Å². The summed E-state index contributed by atoms with van der Waals surface area (Å²) in [6.45, 7) is 5.58. The monoisotopic (exact) mass is 330 g/mol. The lowest BCUT2D eigenvalue weighted by molar-refractivity contribution is -0.0261. The number of aromatic nitrogens is 3. The molecule has 0 bridgehead atoms. The first kappa shape index (κ1) is 16.9. The third-order valence-corrected chi connectivity index (χ3v) is 4.93. The molecule has 0 aliphatic carbocycles. The summed E-state index contributed by atoms with van der Waals surface area (Å²) < 4.78 is 5.21. The number of nitrogens with zero attached hydrogens (tertiary/aromatic N) is 3. The van der Waals surface area contributed by atoms with Crippen molar-refractivity contribution in [3.05, 3.63) is 41.5 Å². The maximum Gasteiger partial charge on any atom is 0.150 e. The molecule has 1 saturated heterocycles. The van der Waals surface area contributed by atoms with Crippen molar-refractivity contribution in [2.45, 2.75) is 51.3 Å². The van der Waals surface area contributed by atoms with E-state index in [4.69, 9.17) is 4.74 Å². The van der Waals surface area contributed by atoms with Crippen molar-refractivity contribution in [3.63, 3.8) is 0 Å². The minimum Gasteiger partial charge on any atom is -0.497 e. The Morgan fingerprint density at radius 2 is 2.12 bits per heavy atom. The van der Waals surface area contributed by atoms with Gasteiger partial charge in [0.05, 0.1) is 13.7 Å². The van der Waals surface area contributed by atoms with Gasteiger partial charge in [0.1, 0.15) is 23.0 Å². The molecule has 2 heterocycles. The van der Waals surface area contributed by atoms with Crippen molar-refractivity contribution in [1.82, 2.24) is 20.1 Å². The largest absolute Gasteiger partial charge is 0.497 e. The van der Waals surface area contributed by atoms with E-state index in [-0.39, 0.29) is 6.04 Å². The second-order valence-electron chi connectivity index (χ2n) is 6.56. The van der Waals surface area contributed by atoms with Gasteiger partial charge in [-0.3, -0.25) is 10.00 Å². The van der Waals surface area contributed by atoms with Gasteiger partial charge in [0.2, 0.25) is 0 Å². The van der Waals surface area contributed by atoms with Crippen molar-refractivity contribution in [3.8, 4) is 5.75 Å². The highest BCUT2D eigenvalue weighted by atomic mass is 16.5. The second-order valence-corrected chi connectivity index (χ2v) is 6.56. The van der Waals surface area contributed by atoms with Gasteiger partial charge in [0, 0.05) is 12.5 Å². The lowest BCUT2D eigenvalue weighted by atomic mass is 9.86. The van der Waals surface area contributed by atoms with Gasteiger partial charge >= 0.3 is 0 Å². The van der Waals surface area contributed by atoms with Gasteiger partial charge < -0.3 is 9.84 Å². The van der Waals surface area contributed by atoms with Crippen LogP contribution in [0.3, 0.4) is 0 Å². The van der Waals surface area contributed by atoms with Crippen LogP contribution in [0.5, 0.6) is 5.75 Å². The molecule has 0 spiro atoms. The number of H-pyrrole nitrogens is 1. The smallest absolute Gasteiger partial charge is 0.150 e. The third-order valence-electron chi connectivity index (χ3n) is 4.93. The highest BCUT2D eigenvalue weighted by molar-refractivity contribution is 5.31. The molecule has 2 aromatic rings. The second kappa shape index (κ2) is 6.91. The Morgan fingerprint density at radius 1 is 1.38 bits per heavy atom. The van der Waals surface area contributed by atoms with E-state index in [0.717, 1.165) is 48.8 Å². The van der Waals surface area contributed by atoms with E-state index in [1.807, 2.05) is 38.1 Å². The van der Waals surface area contributed by atoms with Crippen LogP contribution in [0.25, 0.3) is 0 Å². The summed E-state index contributed by atoms with van der Waals surface area (Å²) in [5, 5.41) is 18.4. The van der Waals surface area contributed by atoms with Crippen LogP contribution in [-0.4, -0.2) is 44.9 Å². The van der Waals surface area contributed by atoms with E-state index < -0.39 is 5.60 Å². The highest BCUT2D eigenvalue weighted by Crippen LogP contribution is 2.35. The fraction of sp³-hybridized carbons (Fsp3) is 0.556. The number of methoxy groups -OCH3 is 1. The summed E-state index contributed by atoms with van der Waals surface area (Å²) in [4.78, 5) is 6.79. The Labute approximate surface area is 142 Å². The molecule has 3 rings (SSSR count). The zero-order chi connectivity index (χ0) is 17.2. The molecule has 1 fully saturated rings. The SMILES string of the molecule is CCc1n[nH]c(CN2CCC[C@@H]2[C@@](C)(O)c2ccc(OC)cc2)n1. The fourth-order valence-electron chi connectivity index (χ4n) is 3.53. The number of rotatable bonds is 6. The summed E-state index contributed by atoms with van der Waals surface area (Å²) >= 11 is 0. The van der Waals surface area contributed by atoms with Crippen LogP contribution in [0.2, 0.25) is 0 Å². The molecule has 2 atom stereocenters. The number of benzene rings is 1. The van der Waals surface area contributed by atoms with Crippen molar-refractivity contribution in [2.75, 3.05) is 13.7 Å². The predicted molar refractivity (Wildman–Crippen MR) is 91.8 cm³/mol. The lowest BCUT2D eigenvalue weighted by Crippen LogP contribution is -2.45. The summed E-state index contributed by atoms with van der Waals surface area (Å²) in [5.41, 5.74) is -0.0110. The van der Waals surface area contributed by atoms with E-state index in [1.54, 1.807) is 7.11 Å². The number of aliphatic hydroxyl groups is 1. The van der Waals surface area contributed by atoms with Crippen molar-refractivity contribution >= 4 is 0 Å². The standard InChI is InChI=1S/C18H26N4O2/c1-4-16-19-17(21-20-16)12-22-11-5-6-15(22)18(2,23)13-7-9-14(24-3)10-8-13/h7-10,15,23H,4-6,11-12H2,1-3H3,(H,19,20,21)/t15-,18+/m1/s1. The van der Waals surface area contributed by atoms with E-state index in [9.17, 15) is 5.11 Å². The quantitative estimate of drug-likeness (QED) is 0.850. The molecule has 0 saturated carbocycles. The first-order valence-electron chi connectivity index (χ1n) is 8.55. The molecule has 2 N–H and O–H groups in total. The minimum absolute atomic E-state index is 0.0565. The van der Waals surface area contributed by atoms with Gasteiger partial charge in [-0.25, -0.2) is 4.98 Å². The fourth-order valence-corrected chi connectivity index (χ4v) is 3.53. The summed E-state index contributed by atoms with van der Waals surface area (Å²) in [6, 6.07) is 7.74. The maximum absolute atomic E-state index is 11.2. The van der Waals surface area contributed by atoms with Gasteiger partial charge in [-0.2, -0.15) is 5.10 Å². The Hall–Kier alpha value is -1.92. The summed E-state index contributed by atoms with van der Waals surface area (Å²) in [6.07, 6.45) is 2.86. The number of nitrogens with one attached hydrogen (secondary N) is 1. The molecule has 1 aromatic carbocycles. The van der Waals surface area contributed by atoms with Crippen LogP contribution < -0.4 is 4.74 Å². The maximum atomic E-state index is 11.2. The summed E-state index contributed by atoms with van der Waals surface area (Å²) in [5.74, 6) is 2.50. The Morgan fingerprint density at radius 3 is 2.75 bits per heavy atom. The van der Waals surface area contributed by atoms with E-state index in [2.05, 4.69) is 20.1 Å². The van der Waals surface area contributed by atoms with E-state index in [1.165, 1.54) is 0 Å². The lowest BCUT2D eigenvalue weighted by Gasteiger charge is -2.36. The van der Waals surface area contributed by atoms with Crippen LogP contribution in [0.15, 0.2) is 24.3 Å². The van der Waals surface area contributed by atoms with Crippen molar-refractivity contribution < 1.29 is 9.84 Å². The van der Waals surface area contributed by atoms with Crippen molar-refractivity contribution in [2.24, 2.45) is 0 Å². The zero-order valence-electron chi connectivity index (χ0n) is 14.6. The van der Waals surface area contributed by atoms with Crippen LogP contribution in [0.1, 0.15) is 43.9 Å². The molecule has 6 nitrogen and oxygen atoms in total. The molecule has 6 heteroatoms. The van der Waals surface area contributed by atoms with E-state index in [0.29, 0.717) is 6.54 Å². The average Bonchev–Trinajstić information content (AvgIpc) is 3.25. The van der Waals surface area contributed by atoms with Crippen LogP contribution in [0.4, 0.5) is 0 Å². The van der Waals surface area contributed by atoms with Crippen LogP contribution >= 0.6 is 0 Å². The van der Waals surface area contributed by atoms with Crippen LogP contribution in [0, 0.1) is 0 Å². The Balaban J connectivity index is 1.77. The third kappa shape index (κ3) is 3.30. The number of hydrogen-bond acceptors (Lipinski definition) is 5. The number of likely N-dealkylation sites (tertiary alicyclic amines) is 1. The van der Waals surface area contributed by atoms with Gasteiger partial charge in [-0.05, 0) is 44.0 Å². The van der Waals surface area contributed by atoms with Gasteiger partial charge in [-0.1, -0.05) is 19.1 Å². The number of aryl methyl sites for hydroxylation is 1. The molecule has 1 aromatic heterocycles. The molecule has 130 valence electrons. The highest BCUT2D eigenvalue weighted by Gasteiger charge is 2.40. The van der Waals surface area contributed by atoms with Crippen molar-refractivity contribution in [1.29, 1.82) is 0 Å². The number of aromatic amines is 1. The normalized spacial score (nSPS) is 20.9. The average molecular weight is 330 g/mol. The minimum atomic E-state index is -0.920. The van der Waals surface area contributed by atoms with Gasteiger partial charge in [0.25, 0.3) is 0 Å². The number of ether oxygens (including phenoxy) is 1. The molecule has 1 aliphatic heterocycles. The molecular weight excluding hydrogens is 304 g/mol. The first-order valence-corrected chi connectivity index (χ1v) is 8.55. The Bertz CT molecular complexity index is 666. The topological polar surface area (TPSA) is 74.3 Å². The molecule has 24 heavy (non-hydrogen) atoms. The molecular formula is C18H26N4O2. The predicted octanol–water partition coefficient (Wildman–Crippen LogP) is 2.25. The first-order chi connectivity index (χ1) is 11.5. The Kier molecular flexibility index (Phi) is 4.87. The zero-order valence-corrected chi connectivity index (χ0v) is 14.6. The molecule has 0 unspecified atom stereocenters. The summed E-state index contributed by atoms with van der Waals surface area (Å²) in [7, 11) is 1.65. The van der Waals surface area contributed by atoms with Crippen LogP contribution in [-0.2, 0) is 18.6 Å². The molecule has 0 radical (unpaired) electrons. The number of hydrogen-bond donors (Lipinski definition) is 2.